The summed E-state index contributed by atoms with van der Waals surface area (Å²) in [6.45, 7) is 10.4. The first kappa shape index (κ1) is 12.7. The van der Waals surface area contributed by atoms with Crippen molar-refractivity contribution in [2.45, 2.75) is 39.7 Å². The molecule has 1 heteroatoms. The molecule has 0 radical (unpaired) electrons. The molecule has 19 heavy (non-hydrogen) atoms. The highest BCUT2D eigenvalue weighted by Gasteiger charge is 2.33. The summed E-state index contributed by atoms with van der Waals surface area (Å²) in [5.41, 5.74) is 3.29. The maximum absolute atomic E-state index is 3.73. The highest BCUT2D eigenvalue weighted by atomic mass is 14.9. The van der Waals surface area contributed by atoms with Gasteiger partial charge in [-0.1, -0.05) is 64.1 Å². The topological polar surface area (TPSA) is 12.0 Å². The third-order valence-corrected chi connectivity index (χ3v) is 4.30. The molecule has 0 saturated carbocycles. The Balaban J connectivity index is 2.27. The van der Waals surface area contributed by atoms with Crippen molar-refractivity contribution in [2.75, 3.05) is 6.54 Å². The van der Waals surface area contributed by atoms with Crippen LogP contribution in [0.5, 0.6) is 0 Å². The minimum atomic E-state index is 0.247. The quantitative estimate of drug-likeness (QED) is 0.721. The van der Waals surface area contributed by atoms with E-state index in [0.29, 0.717) is 12.0 Å². The predicted molar refractivity (Wildman–Crippen MR) is 82.6 cm³/mol. The highest BCUT2D eigenvalue weighted by Crippen LogP contribution is 2.42. The lowest BCUT2D eigenvalue weighted by Crippen LogP contribution is -2.39. The first-order valence-electron chi connectivity index (χ1n) is 7.23. The molecule has 0 aromatic heterocycles. The molecule has 0 aliphatic carbocycles. The van der Waals surface area contributed by atoms with Crippen LogP contribution in [-0.4, -0.2) is 6.54 Å². The number of nitrogens with one attached hydrogen (secondary N) is 1. The van der Waals surface area contributed by atoms with Gasteiger partial charge in [-0.3, -0.25) is 0 Å². The Kier molecular flexibility index (Phi) is 2.90. The molecule has 0 spiro atoms. The van der Waals surface area contributed by atoms with Gasteiger partial charge in [0.05, 0.1) is 0 Å². The monoisotopic (exact) mass is 253 g/mol. The van der Waals surface area contributed by atoms with Gasteiger partial charge in [-0.25, -0.2) is 0 Å². The van der Waals surface area contributed by atoms with Crippen LogP contribution in [-0.2, 0) is 0 Å². The van der Waals surface area contributed by atoms with Crippen LogP contribution >= 0.6 is 0 Å². The van der Waals surface area contributed by atoms with E-state index in [0.717, 1.165) is 6.54 Å². The lowest BCUT2D eigenvalue weighted by atomic mass is 9.75. The van der Waals surface area contributed by atoms with Crippen molar-refractivity contribution < 1.29 is 0 Å². The van der Waals surface area contributed by atoms with E-state index >= 15 is 0 Å². The fourth-order valence-electron chi connectivity index (χ4n) is 3.39. The van der Waals surface area contributed by atoms with E-state index in [1.807, 2.05) is 0 Å². The summed E-state index contributed by atoms with van der Waals surface area (Å²) in [5.74, 6) is 0.583. The summed E-state index contributed by atoms with van der Waals surface area (Å²) in [5, 5.41) is 6.53. The summed E-state index contributed by atoms with van der Waals surface area (Å²) >= 11 is 0. The molecular weight excluding hydrogens is 230 g/mol. The fraction of sp³-hybridized carbons (Fsp3) is 0.444. The fourth-order valence-corrected chi connectivity index (χ4v) is 3.39. The Morgan fingerprint density at radius 1 is 1.05 bits per heavy atom. The number of rotatable bonds is 0. The van der Waals surface area contributed by atoms with Crippen LogP contribution in [0.2, 0.25) is 0 Å². The van der Waals surface area contributed by atoms with Crippen LogP contribution in [0, 0.1) is 5.41 Å². The lowest BCUT2D eigenvalue weighted by Gasteiger charge is -2.39. The summed E-state index contributed by atoms with van der Waals surface area (Å²) in [7, 11) is 0. The molecule has 1 heterocycles. The molecule has 2 unspecified atom stereocenters. The summed E-state index contributed by atoms with van der Waals surface area (Å²) in [4.78, 5) is 0. The van der Waals surface area contributed by atoms with E-state index in [2.05, 4.69) is 69.4 Å². The average Bonchev–Trinajstić information content (AvgIpc) is 2.37. The summed E-state index contributed by atoms with van der Waals surface area (Å²) in [6.07, 6.45) is 0. The third-order valence-electron chi connectivity index (χ3n) is 4.30. The molecule has 100 valence electrons. The first-order chi connectivity index (χ1) is 8.98. The van der Waals surface area contributed by atoms with Gasteiger partial charge in [0.15, 0.2) is 0 Å². The van der Waals surface area contributed by atoms with Gasteiger partial charge in [0, 0.05) is 12.6 Å². The highest BCUT2D eigenvalue weighted by molar-refractivity contribution is 5.87. The van der Waals surface area contributed by atoms with Crippen LogP contribution in [0.4, 0.5) is 0 Å². The average molecular weight is 253 g/mol. The van der Waals surface area contributed by atoms with E-state index in [1.54, 1.807) is 5.56 Å². The maximum Gasteiger partial charge on any atom is 0.0372 e. The second-order valence-corrected chi connectivity index (χ2v) is 6.90. The zero-order chi connectivity index (χ0) is 13.6. The van der Waals surface area contributed by atoms with Crippen molar-refractivity contribution in [3.05, 3.63) is 47.5 Å². The Morgan fingerprint density at radius 2 is 1.79 bits per heavy atom. The van der Waals surface area contributed by atoms with E-state index in [9.17, 15) is 0 Å². The van der Waals surface area contributed by atoms with E-state index in [-0.39, 0.29) is 5.41 Å². The van der Waals surface area contributed by atoms with Crippen molar-refractivity contribution in [3.8, 4) is 0 Å². The number of benzene rings is 2. The molecule has 0 fully saturated rings. The summed E-state index contributed by atoms with van der Waals surface area (Å²) in [6, 6.07) is 13.8. The van der Waals surface area contributed by atoms with Crippen molar-refractivity contribution in [3.63, 3.8) is 0 Å². The molecule has 2 atom stereocenters. The number of hydrogen-bond donors (Lipinski definition) is 1. The minimum absolute atomic E-state index is 0.247. The van der Waals surface area contributed by atoms with Gasteiger partial charge < -0.3 is 5.32 Å². The van der Waals surface area contributed by atoms with E-state index < -0.39 is 0 Å². The third kappa shape index (κ3) is 2.06. The molecule has 0 bridgehead atoms. The van der Waals surface area contributed by atoms with Crippen LogP contribution < -0.4 is 5.32 Å². The van der Waals surface area contributed by atoms with Crippen molar-refractivity contribution in [2.24, 2.45) is 5.41 Å². The molecule has 3 rings (SSSR count). The largest absolute Gasteiger partial charge is 0.309 e. The molecule has 2 aromatic carbocycles. The van der Waals surface area contributed by atoms with E-state index in [4.69, 9.17) is 0 Å². The maximum atomic E-state index is 3.73. The van der Waals surface area contributed by atoms with Gasteiger partial charge in [0.1, 0.15) is 0 Å². The van der Waals surface area contributed by atoms with Crippen molar-refractivity contribution in [1.29, 1.82) is 0 Å². The Hall–Kier alpha value is -1.34. The van der Waals surface area contributed by atoms with Gasteiger partial charge in [0.2, 0.25) is 0 Å². The van der Waals surface area contributed by atoms with Crippen LogP contribution in [0.1, 0.15) is 50.8 Å². The second kappa shape index (κ2) is 4.35. The van der Waals surface area contributed by atoms with Crippen LogP contribution in [0.3, 0.4) is 0 Å². The van der Waals surface area contributed by atoms with Crippen LogP contribution in [0.15, 0.2) is 36.4 Å². The second-order valence-electron chi connectivity index (χ2n) is 6.90. The molecule has 2 aromatic rings. The molecule has 0 saturated heterocycles. The zero-order valence-corrected chi connectivity index (χ0v) is 12.3. The predicted octanol–water partition coefficient (Wildman–Crippen LogP) is 4.63. The number of fused-ring (bicyclic) bond motifs is 3. The van der Waals surface area contributed by atoms with Crippen molar-refractivity contribution in [1.82, 2.24) is 5.32 Å². The van der Waals surface area contributed by atoms with Gasteiger partial charge in [0.25, 0.3) is 0 Å². The molecule has 1 nitrogen and oxygen atoms in total. The first-order valence-corrected chi connectivity index (χ1v) is 7.23. The van der Waals surface area contributed by atoms with Gasteiger partial charge in [-0.05, 0) is 33.2 Å². The molecular formula is C18H23N. The Labute approximate surface area is 116 Å². The minimum Gasteiger partial charge on any atom is -0.309 e. The smallest absolute Gasteiger partial charge is 0.0372 e. The zero-order valence-electron chi connectivity index (χ0n) is 12.3. The van der Waals surface area contributed by atoms with Gasteiger partial charge in [-0.15, -0.1) is 0 Å². The molecule has 1 aliphatic heterocycles. The van der Waals surface area contributed by atoms with Crippen molar-refractivity contribution >= 4 is 10.8 Å². The lowest BCUT2D eigenvalue weighted by molar-refractivity contribution is 0.256. The van der Waals surface area contributed by atoms with E-state index in [1.165, 1.54) is 16.3 Å². The Morgan fingerprint density at radius 3 is 2.53 bits per heavy atom. The molecule has 1 N–H and O–H groups in total. The SMILES string of the molecule is CC1CNC(C(C)(C)C)c2ccc3ccccc3c21. The van der Waals surface area contributed by atoms with Crippen LogP contribution in [0.25, 0.3) is 10.8 Å². The van der Waals surface area contributed by atoms with Gasteiger partial charge >= 0.3 is 0 Å². The van der Waals surface area contributed by atoms with Gasteiger partial charge in [-0.2, -0.15) is 0 Å². The number of hydrogen-bond acceptors (Lipinski definition) is 1. The normalized spacial score (nSPS) is 23.4. The standard InChI is InChI=1S/C18H23N/c1-12-11-19-17(18(2,3)4)15-10-9-13-7-5-6-8-14(13)16(12)15/h5-10,12,17,19H,11H2,1-4H3. The Bertz CT molecular complexity index is 607. The molecule has 0 amide bonds. The molecule has 1 aliphatic rings. The summed E-state index contributed by atoms with van der Waals surface area (Å²) < 4.78 is 0.